The largest absolute Gasteiger partial charge is 0.497 e. The van der Waals surface area contributed by atoms with Crippen molar-refractivity contribution in [2.75, 3.05) is 26.0 Å². The molecule has 2 aliphatic rings. The average molecular weight is 607 g/mol. The number of benzene rings is 2. The Morgan fingerprint density at radius 2 is 2.05 bits per heavy atom. The van der Waals surface area contributed by atoms with Crippen LogP contribution >= 0.6 is 11.6 Å². The van der Waals surface area contributed by atoms with Crippen LogP contribution in [0, 0.1) is 29.4 Å². The highest BCUT2D eigenvalue weighted by Gasteiger charge is 2.35. The molecule has 2 unspecified atom stereocenters. The van der Waals surface area contributed by atoms with Gasteiger partial charge in [0.2, 0.25) is 0 Å². The van der Waals surface area contributed by atoms with E-state index in [0.29, 0.717) is 18.1 Å². The molecule has 2 aromatic carbocycles. The van der Waals surface area contributed by atoms with Crippen molar-refractivity contribution in [1.82, 2.24) is 5.32 Å². The smallest absolute Gasteiger partial charge is 0.331 e. The summed E-state index contributed by atoms with van der Waals surface area (Å²) in [5.74, 6) is -1.41. The molecule has 3 N–H and O–H groups in total. The lowest BCUT2D eigenvalue weighted by Crippen LogP contribution is -2.31. The molecule has 2 aromatic rings. The van der Waals surface area contributed by atoms with Gasteiger partial charge in [0.1, 0.15) is 28.2 Å². The van der Waals surface area contributed by atoms with Gasteiger partial charge < -0.3 is 20.5 Å². The maximum atomic E-state index is 14.6. The molecule has 0 aromatic heterocycles. The number of nitrogen functional groups attached to an aromatic ring is 1. The van der Waals surface area contributed by atoms with Gasteiger partial charge in [-0.15, -0.1) is 0 Å². The number of nitrogens with two attached hydrogens (primary N) is 1. The van der Waals surface area contributed by atoms with Crippen LogP contribution in [0.3, 0.4) is 0 Å². The molecule has 1 fully saturated rings. The Morgan fingerprint density at radius 3 is 2.69 bits per heavy atom. The summed E-state index contributed by atoms with van der Waals surface area (Å²) in [6.45, 7) is 3.38. The monoisotopic (exact) mass is 606 g/mol. The highest BCUT2D eigenvalue weighted by molar-refractivity contribution is 6.30. The third kappa shape index (κ3) is 7.13. The normalized spacial score (nSPS) is 18.0. The molecule has 2 atom stereocenters. The molecule has 0 bridgehead atoms. The van der Waals surface area contributed by atoms with Gasteiger partial charge in [-0.05, 0) is 60.9 Å². The number of allylic oxidation sites excluding steroid dienone is 2. The molecule has 224 valence electrons. The van der Waals surface area contributed by atoms with Crippen molar-refractivity contribution in [2.45, 2.75) is 32.7 Å². The first kappa shape index (κ1) is 31.1. The van der Waals surface area contributed by atoms with Gasteiger partial charge in [0.15, 0.2) is 0 Å². The number of carbonyl (C=O) groups excluding carboxylic acids is 1. The van der Waals surface area contributed by atoms with Gasteiger partial charge in [0.25, 0.3) is 5.91 Å². The first-order valence-electron chi connectivity index (χ1n) is 13.3. The first-order valence-corrected chi connectivity index (χ1v) is 13.6. The van der Waals surface area contributed by atoms with Crippen LogP contribution in [0.4, 0.5) is 23.2 Å². The minimum absolute atomic E-state index is 0.0271. The van der Waals surface area contributed by atoms with E-state index in [1.54, 1.807) is 0 Å². The molecular formula is C30H31ClF4N4O3. The van der Waals surface area contributed by atoms with Crippen molar-refractivity contribution in [3.05, 3.63) is 80.7 Å². The topological polar surface area (TPSA) is 98.3 Å². The molecular weight excluding hydrogens is 576 g/mol. The molecule has 7 nitrogen and oxygen atoms in total. The van der Waals surface area contributed by atoms with E-state index in [1.165, 1.54) is 25.3 Å². The van der Waals surface area contributed by atoms with Crippen molar-refractivity contribution in [1.29, 1.82) is 0 Å². The third-order valence-corrected chi connectivity index (χ3v) is 7.69. The predicted octanol–water partition coefficient (Wildman–Crippen LogP) is 6.35. The van der Waals surface area contributed by atoms with Crippen LogP contribution in [0.2, 0.25) is 5.02 Å². The zero-order valence-electron chi connectivity index (χ0n) is 23.1. The summed E-state index contributed by atoms with van der Waals surface area (Å²) >= 11 is 5.76. The Kier molecular flexibility index (Phi) is 9.93. The number of anilines is 1. The number of hydrogen-bond acceptors (Lipinski definition) is 6. The van der Waals surface area contributed by atoms with Crippen LogP contribution < -0.4 is 15.8 Å². The van der Waals surface area contributed by atoms with E-state index >= 15 is 0 Å². The molecule has 0 saturated heterocycles. The van der Waals surface area contributed by atoms with Crippen molar-refractivity contribution < 1.29 is 31.8 Å². The molecule has 1 saturated carbocycles. The van der Waals surface area contributed by atoms with Crippen molar-refractivity contribution in [2.24, 2.45) is 27.7 Å². The summed E-state index contributed by atoms with van der Waals surface area (Å²) in [7, 11) is 1.35. The maximum absolute atomic E-state index is 14.6. The van der Waals surface area contributed by atoms with E-state index in [1.807, 2.05) is 13.0 Å². The van der Waals surface area contributed by atoms with Crippen LogP contribution in [0.5, 0.6) is 5.75 Å². The predicted molar refractivity (Wildman–Crippen MR) is 154 cm³/mol. The Morgan fingerprint density at radius 1 is 1.31 bits per heavy atom. The van der Waals surface area contributed by atoms with E-state index in [2.05, 4.69) is 22.0 Å². The van der Waals surface area contributed by atoms with Gasteiger partial charge in [0, 0.05) is 47.8 Å². The number of amides is 1. The standard InChI is InChI=1S/C30H31ClF4N4O3/c1-15-14-42-24(9-17-6-7-22(32)26(31)27(17)33)20(15)11-23(37-2)21(16-4-5-16)13-38-29(40)18-8-19(12-39-30(34)35)28(36)25(10-18)41-3/h6-8,10-12,15-16,21,30H,2,4-5,9,13-14,36H2,1,3H3,(H,38,40)/b23-11-,39-12+. The fourth-order valence-electron chi connectivity index (χ4n) is 4.86. The molecule has 42 heavy (non-hydrogen) atoms. The highest BCUT2D eigenvalue weighted by atomic mass is 35.5. The van der Waals surface area contributed by atoms with Gasteiger partial charge in [-0.25, -0.2) is 13.8 Å². The van der Waals surface area contributed by atoms with E-state index in [9.17, 15) is 22.4 Å². The quantitative estimate of drug-likeness (QED) is 0.0966. The van der Waals surface area contributed by atoms with Crippen LogP contribution in [0.1, 0.15) is 41.3 Å². The Hall–Kier alpha value is -3.86. The number of nitrogens with one attached hydrogen (secondary N) is 1. The molecule has 1 aliphatic carbocycles. The van der Waals surface area contributed by atoms with Crippen molar-refractivity contribution >= 4 is 36.1 Å². The zero-order valence-corrected chi connectivity index (χ0v) is 23.9. The number of alkyl halides is 2. The van der Waals surface area contributed by atoms with Crippen LogP contribution in [-0.2, 0) is 11.2 Å². The highest BCUT2D eigenvalue weighted by Crippen LogP contribution is 2.42. The molecule has 4 rings (SSSR count). The number of nitrogens with zero attached hydrogens (tertiary/aromatic N) is 2. The van der Waals surface area contributed by atoms with E-state index in [-0.39, 0.29) is 58.8 Å². The van der Waals surface area contributed by atoms with Gasteiger partial charge >= 0.3 is 6.55 Å². The van der Waals surface area contributed by atoms with Crippen molar-refractivity contribution in [3.63, 3.8) is 0 Å². The maximum Gasteiger partial charge on any atom is 0.331 e. The number of hydrogen-bond donors (Lipinski definition) is 2. The van der Waals surface area contributed by atoms with Crippen molar-refractivity contribution in [3.8, 4) is 5.75 Å². The molecule has 12 heteroatoms. The number of rotatable bonds is 12. The molecule has 1 amide bonds. The number of ether oxygens (including phenoxy) is 2. The number of carbonyl (C=O) groups is 1. The summed E-state index contributed by atoms with van der Waals surface area (Å²) in [6, 6.07) is 5.24. The molecule has 1 aliphatic heterocycles. The summed E-state index contributed by atoms with van der Waals surface area (Å²) in [4.78, 5) is 20.5. The van der Waals surface area contributed by atoms with E-state index < -0.39 is 29.1 Å². The summed E-state index contributed by atoms with van der Waals surface area (Å²) < 4.78 is 64.6. The van der Waals surface area contributed by atoms with Gasteiger partial charge in [-0.2, -0.15) is 8.78 Å². The zero-order chi connectivity index (χ0) is 30.6. The average Bonchev–Trinajstić information content (AvgIpc) is 3.75. The minimum atomic E-state index is -2.93. The lowest BCUT2D eigenvalue weighted by Gasteiger charge is -2.19. The van der Waals surface area contributed by atoms with E-state index in [0.717, 1.165) is 30.7 Å². The second-order valence-corrected chi connectivity index (χ2v) is 10.6. The number of halogens is 5. The first-order chi connectivity index (χ1) is 20.0. The summed E-state index contributed by atoms with van der Waals surface area (Å²) in [6.07, 6.45) is 4.72. The third-order valence-electron chi connectivity index (χ3n) is 7.35. The summed E-state index contributed by atoms with van der Waals surface area (Å²) in [5, 5.41) is 2.33. The number of aliphatic imine (C=N–C) groups is 2. The molecule has 0 radical (unpaired) electrons. The summed E-state index contributed by atoms with van der Waals surface area (Å²) in [5.41, 5.74) is 7.98. The molecule has 0 spiro atoms. The second-order valence-electron chi connectivity index (χ2n) is 10.2. The fourth-order valence-corrected chi connectivity index (χ4v) is 5.05. The van der Waals surface area contributed by atoms with Crippen LogP contribution in [0.25, 0.3) is 0 Å². The fraction of sp³-hybridized carbons (Fsp3) is 0.367. The van der Waals surface area contributed by atoms with E-state index in [4.69, 9.17) is 26.8 Å². The Balaban J connectivity index is 1.57. The lowest BCUT2D eigenvalue weighted by molar-refractivity contribution is 0.0947. The minimum Gasteiger partial charge on any atom is -0.497 e. The SMILES string of the molecule is C=N/C(=C\C1=C(Cc2ccc(F)c(Cl)c2F)OCC1C)C(CNC(=O)c1cc(/C=N/C(F)F)c(N)c(OC)c1)C1CC1. The Bertz CT molecular complexity index is 1460. The lowest BCUT2D eigenvalue weighted by atomic mass is 9.93. The Labute approximate surface area is 246 Å². The van der Waals surface area contributed by atoms with Crippen LogP contribution in [-0.4, -0.2) is 45.7 Å². The molecule has 1 heterocycles. The van der Waals surface area contributed by atoms with Gasteiger partial charge in [-0.3, -0.25) is 9.79 Å². The van der Waals surface area contributed by atoms with Gasteiger partial charge in [0.05, 0.1) is 19.4 Å². The second kappa shape index (κ2) is 13.4. The number of methoxy groups -OCH3 is 1. The van der Waals surface area contributed by atoms with Crippen LogP contribution in [0.15, 0.2) is 57.4 Å². The van der Waals surface area contributed by atoms with Gasteiger partial charge in [-0.1, -0.05) is 24.6 Å².